The molecule has 0 aliphatic heterocycles. The molecule has 7 nitrogen and oxygen atoms in total. The van der Waals surface area contributed by atoms with Gasteiger partial charge in [0.2, 0.25) is 11.8 Å². The highest BCUT2D eigenvalue weighted by molar-refractivity contribution is 7.14. The van der Waals surface area contributed by atoms with Crippen LogP contribution in [0.1, 0.15) is 13.3 Å². The van der Waals surface area contributed by atoms with E-state index in [0.29, 0.717) is 5.13 Å². The molecule has 2 rings (SSSR count). The fourth-order valence-corrected chi connectivity index (χ4v) is 2.77. The van der Waals surface area contributed by atoms with Gasteiger partial charge in [-0.15, -0.1) is 23.7 Å². The highest BCUT2D eigenvalue weighted by atomic mass is 35.5. The third kappa shape index (κ3) is 6.43. The smallest absolute Gasteiger partial charge is 0.228 e. The lowest BCUT2D eigenvalue weighted by Gasteiger charge is -2.11. The van der Waals surface area contributed by atoms with Crippen LogP contribution < -0.4 is 16.4 Å². The molecule has 9 heteroatoms. The summed E-state index contributed by atoms with van der Waals surface area (Å²) in [5.74, 6) is -0.303. The van der Waals surface area contributed by atoms with Crippen molar-refractivity contribution in [2.75, 3.05) is 24.3 Å². The summed E-state index contributed by atoms with van der Waals surface area (Å²) in [6.45, 7) is 1.75. The summed E-state index contributed by atoms with van der Waals surface area (Å²) in [7, 11) is 1.52. The molecule has 1 aromatic heterocycles. The van der Waals surface area contributed by atoms with Crippen LogP contribution in [0.15, 0.2) is 29.6 Å². The SMILES string of the molecule is COC(CN)CC(=O)Nc1nc(-c2ccc(NC(C)=O)cc2)cs1.Cl. The molecule has 1 atom stereocenters. The Morgan fingerprint density at radius 2 is 1.96 bits per heavy atom. The summed E-state index contributed by atoms with van der Waals surface area (Å²) in [6.07, 6.45) is -0.112. The molecule has 136 valence electrons. The minimum absolute atomic E-state index is 0. The Bertz CT molecular complexity index is 702. The third-order valence-electron chi connectivity index (χ3n) is 3.26. The second-order valence-electron chi connectivity index (χ2n) is 5.14. The zero-order chi connectivity index (χ0) is 17.5. The Kier molecular flexibility index (Phi) is 8.50. The van der Waals surface area contributed by atoms with Gasteiger partial charge < -0.3 is 21.1 Å². The van der Waals surface area contributed by atoms with E-state index in [1.165, 1.54) is 25.4 Å². The van der Waals surface area contributed by atoms with Crippen molar-refractivity contribution in [3.05, 3.63) is 29.6 Å². The van der Waals surface area contributed by atoms with Gasteiger partial charge in [-0.2, -0.15) is 0 Å². The maximum Gasteiger partial charge on any atom is 0.228 e. The fourth-order valence-electron chi connectivity index (χ4n) is 2.03. The first-order chi connectivity index (χ1) is 11.5. The van der Waals surface area contributed by atoms with Crippen molar-refractivity contribution >= 4 is 46.4 Å². The van der Waals surface area contributed by atoms with Crippen LogP contribution in [0, 0.1) is 0 Å². The van der Waals surface area contributed by atoms with E-state index in [-0.39, 0.29) is 43.3 Å². The number of nitrogens with two attached hydrogens (primary N) is 1. The average molecular weight is 385 g/mol. The number of methoxy groups -OCH3 is 1. The van der Waals surface area contributed by atoms with E-state index in [1.807, 2.05) is 17.5 Å². The minimum atomic E-state index is -0.300. The molecule has 0 spiro atoms. The van der Waals surface area contributed by atoms with Gasteiger partial charge in [0, 0.05) is 37.2 Å². The average Bonchev–Trinajstić information content (AvgIpc) is 3.01. The van der Waals surface area contributed by atoms with Crippen molar-refractivity contribution in [1.82, 2.24) is 4.98 Å². The van der Waals surface area contributed by atoms with Crippen molar-refractivity contribution in [2.24, 2.45) is 5.73 Å². The van der Waals surface area contributed by atoms with Gasteiger partial charge in [0.1, 0.15) is 0 Å². The van der Waals surface area contributed by atoms with Crippen LogP contribution in [0.2, 0.25) is 0 Å². The topological polar surface area (TPSA) is 106 Å². The number of amides is 2. The molecular weight excluding hydrogens is 364 g/mol. The molecule has 0 fully saturated rings. The molecule has 4 N–H and O–H groups in total. The lowest BCUT2D eigenvalue weighted by molar-refractivity contribution is -0.118. The normalized spacial score (nSPS) is 11.3. The van der Waals surface area contributed by atoms with Gasteiger partial charge in [0.05, 0.1) is 18.2 Å². The maximum absolute atomic E-state index is 11.9. The zero-order valence-corrected chi connectivity index (χ0v) is 15.6. The summed E-state index contributed by atoms with van der Waals surface area (Å²) in [5.41, 5.74) is 7.88. The van der Waals surface area contributed by atoms with Crippen LogP contribution in [0.4, 0.5) is 10.8 Å². The van der Waals surface area contributed by atoms with Gasteiger partial charge in [-0.1, -0.05) is 12.1 Å². The van der Waals surface area contributed by atoms with Crippen molar-refractivity contribution in [3.63, 3.8) is 0 Å². The highest BCUT2D eigenvalue weighted by Gasteiger charge is 2.13. The number of carbonyl (C=O) groups is 2. The Hall–Kier alpha value is -2.00. The maximum atomic E-state index is 11.9. The number of halogens is 1. The highest BCUT2D eigenvalue weighted by Crippen LogP contribution is 2.26. The van der Waals surface area contributed by atoms with Crippen LogP contribution in [0.3, 0.4) is 0 Å². The molecule has 1 unspecified atom stereocenters. The molecule has 1 aromatic carbocycles. The van der Waals surface area contributed by atoms with Gasteiger partial charge in [0.15, 0.2) is 5.13 Å². The lowest BCUT2D eigenvalue weighted by Crippen LogP contribution is -2.28. The Balaban J connectivity index is 0.00000312. The van der Waals surface area contributed by atoms with Crippen LogP contribution in [0.5, 0.6) is 0 Å². The molecule has 2 aromatic rings. The predicted molar refractivity (Wildman–Crippen MR) is 102 cm³/mol. The molecule has 25 heavy (non-hydrogen) atoms. The van der Waals surface area contributed by atoms with Crippen molar-refractivity contribution < 1.29 is 14.3 Å². The number of rotatable bonds is 7. The molecular formula is C16H21ClN4O3S. The number of carbonyl (C=O) groups excluding carboxylic acids is 2. The zero-order valence-electron chi connectivity index (χ0n) is 13.9. The molecule has 0 aliphatic carbocycles. The number of nitrogens with zero attached hydrogens (tertiary/aromatic N) is 1. The number of thiazole rings is 1. The van der Waals surface area contributed by atoms with Gasteiger partial charge in [0.25, 0.3) is 0 Å². The molecule has 2 amide bonds. The molecule has 0 saturated heterocycles. The number of aromatic nitrogens is 1. The van der Waals surface area contributed by atoms with Crippen LogP contribution >= 0.6 is 23.7 Å². The van der Waals surface area contributed by atoms with E-state index in [9.17, 15) is 9.59 Å². The third-order valence-corrected chi connectivity index (χ3v) is 4.02. The molecule has 0 aliphatic rings. The molecule has 1 heterocycles. The molecule has 0 saturated carbocycles. The van der Waals surface area contributed by atoms with Gasteiger partial charge >= 0.3 is 0 Å². The van der Waals surface area contributed by atoms with Gasteiger partial charge in [-0.25, -0.2) is 4.98 Å². The second-order valence-corrected chi connectivity index (χ2v) is 6.00. The summed E-state index contributed by atoms with van der Waals surface area (Å²) in [4.78, 5) is 27.3. The Morgan fingerprint density at radius 1 is 1.28 bits per heavy atom. The van der Waals surface area contributed by atoms with E-state index in [1.54, 1.807) is 12.1 Å². The van der Waals surface area contributed by atoms with Gasteiger partial charge in [-0.05, 0) is 12.1 Å². The Labute approximate surface area is 156 Å². The minimum Gasteiger partial charge on any atom is -0.380 e. The first-order valence-corrected chi connectivity index (χ1v) is 8.26. The lowest BCUT2D eigenvalue weighted by atomic mass is 10.1. The summed E-state index contributed by atoms with van der Waals surface area (Å²) in [6, 6.07) is 7.33. The molecule has 0 bridgehead atoms. The number of nitrogens with one attached hydrogen (secondary N) is 2. The Morgan fingerprint density at radius 3 is 2.52 bits per heavy atom. The first-order valence-electron chi connectivity index (χ1n) is 7.38. The number of benzene rings is 1. The summed E-state index contributed by atoms with van der Waals surface area (Å²) in [5, 5.41) is 7.83. The van der Waals surface area contributed by atoms with Crippen LogP contribution in [-0.2, 0) is 14.3 Å². The second kappa shape index (κ2) is 10.1. The van der Waals surface area contributed by atoms with Crippen LogP contribution in [-0.4, -0.2) is 36.6 Å². The number of hydrogen-bond donors (Lipinski definition) is 3. The van der Waals surface area contributed by atoms with Gasteiger partial charge in [-0.3, -0.25) is 9.59 Å². The molecule has 0 radical (unpaired) electrons. The number of hydrogen-bond acceptors (Lipinski definition) is 6. The number of anilines is 2. The van der Waals surface area contributed by atoms with E-state index in [0.717, 1.165) is 16.9 Å². The van der Waals surface area contributed by atoms with Crippen molar-refractivity contribution in [1.29, 1.82) is 0 Å². The van der Waals surface area contributed by atoms with E-state index >= 15 is 0 Å². The fraction of sp³-hybridized carbons (Fsp3) is 0.312. The standard InChI is InChI=1S/C16H20N4O3S.ClH/c1-10(21)18-12-5-3-11(4-6-12)14-9-24-16(19-14)20-15(22)7-13(8-17)23-2;/h3-6,9,13H,7-8,17H2,1-2H3,(H,18,21)(H,19,20,22);1H. The van der Waals surface area contributed by atoms with E-state index < -0.39 is 0 Å². The predicted octanol–water partition coefficient (Wildman–Crippen LogP) is 2.49. The van der Waals surface area contributed by atoms with E-state index in [2.05, 4.69) is 15.6 Å². The summed E-state index contributed by atoms with van der Waals surface area (Å²) >= 11 is 1.34. The largest absolute Gasteiger partial charge is 0.380 e. The first kappa shape index (κ1) is 21.0. The summed E-state index contributed by atoms with van der Waals surface area (Å²) < 4.78 is 5.09. The van der Waals surface area contributed by atoms with Crippen molar-refractivity contribution in [2.45, 2.75) is 19.4 Å². The quantitative estimate of drug-likeness (QED) is 0.680. The number of ether oxygens (including phenoxy) is 1. The van der Waals surface area contributed by atoms with E-state index in [4.69, 9.17) is 10.5 Å². The monoisotopic (exact) mass is 384 g/mol. The van der Waals surface area contributed by atoms with Crippen LogP contribution in [0.25, 0.3) is 11.3 Å². The van der Waals surface area contributed by atoms with Crippen molar-refractivity contribution in [3.8, 4) is 11.3 Å².